The van der Waals surface area contributed by atoms with Crippen LogP contribution in [0.2, 0.25) is 0 Å². The Bertz CT molecular complexity index is 1270. The zero-order valence-electron chi connectivity index (χ0n) is 19.8. The highest BCUT2D eigenvalue weighted by Gasteiger charge is 2.24. The Kier molecular flexibility index (Phi) is 7.32. The highest BCUT2D eigenvalue weighted by molar-refractivity contribution is 9.10. The summed E-state index contributed by atoms with van der Waals surface area (Å²) < 4.78 is 23.0. The summed E-state index contributed by atoms with van der Waals surface area (Å²) in [5.74, 6) is 1.86. The van der Waals surface area contributed by atoms with Crippen LogP contribution in [0.25, 0.3) is 16.3 Å². The molecule has 1 aliphatic carbocycles. The van der Waals surface area contributed by atoms with Gasteiger partial charge >= 0.3 is 0 Å². The Morgan fingerprint density at radius 1 is 0.882 bits per heavy atom. The number of allylic oxidation sites excluding steroid dienone is 2. The van der Waals surface area contributed by atoms with Gasteiger partial charge in [-0.05, 0) is 76.8 Å². The summed E-state index contributed by atoms with van der Waals surface area (Å²) in [6.45, 7) is 0. The van der Waals surface area contributed by atoms with Crippen LogP contribution in [0.1, 0.15) is 41.6 Å². The largest absolute Gasteiger partial charge is 0.493 e. The molecule has 0 fully saturated rings. The fraction of sp³-hybridized carbons (Fsp3) is 0.296. The van der Waals surface area contributed by atoms with Crippen molar-refractivity contribution in [1.29, 1.82) is 0 Å². The molecule has 1 aliphatic rings. The van der Waals surface area contributed by atoms with Gasteiger partial charge in [-0.3, -0.25) is 4.79 Å². The third kappa shape index (κ3) is 4.32. The first-order valence-electron chi connectivity index (χ1n) is 11.1. The first-order valence-corrected chi connectivity index (χ1v) is 11.9. The van der Waals surface area contributed by atoms with Gasteiger partial charge in [0.25, 0.3) is 5.91 Å². The fourth-order valence-electron chi connectivity index (χ4n) is 4.53. The van der Waals surface area contributed by atoms with Crippen LogP contribution in [0.3, 0.4) is 0 Å². The van der Waals surface area contributed by atoms with Gasteiger partial charge < -0.3 is 24.3 Å². The summed E-state index contributed by atoms with van der Waals surface area (Å²) in [7, 11) is 6.34. The molecule has 1 N–H and O–H groups in total. The van der Waals surface area contributed by atoms with Gasteiger partial charge in [-0.1, -0.05) is 18.2 Å². The third-order valence-corrected chi connectivity index (χ3v) is 6.77. The summed E-state index contributed by atoms with van der Waals surface area (Å²) in [5, 5.41) is 4.94. The van der Waals surface area contributed by atoms with Crippen LogP contribution >= 0.6 is 15.9 Å². The van der Waals surface area contributed by atoms with E-state index in [0.717, 1.165) is 35.6 Å². The molecule has 4 rings (SSSR count). The van der Waals surface area contributed by atoms with Crippen LogP contribution in [0.4, 0.5) is 5.69 Å². The van der Waals surface area contributed by atoms with Crippen molar-refractivity contribution in [3.63, 3.8) is 0 Å². The van der Waals surface area contributed by atoms with Gasteiger partial charge in [-0.15, -0.1) is 0 Å². The van der Waals surface area contributed by atoms with Gasteiger partial charge in [-0.25, -0.2) is 0 Å². The smallest absolute Gasteiger partial charge is 0.260 e. The molecule has 34 heavy (non-hydrogen) atoms. The third-order valence-electron chi connectivity index (χ3n) is 6.11. The number of nitrogens with one attached hydrogen (secondary N) is 1. The molecule has 178 valence electrons. The Hall–Kier alpha value is -3.19. The maximum absolute atomic E-state index is 13.4. The van der Waals surface area contributed by atoms with Crippen LogP contribution in [-0.2, 0) is 0 Å². The van der Waals surface area contributed by atoms with Gasteiger partial charge in [0.1, 0.15) is 0 Å². The average molecular weight is 526 g/mol. The van der Waals surface area contributed by atoms with Crippen molar-refractivity contribution in [2.75, 3.05) is 33.8 Å². The van der Waals surface area contributed by atoms with Gasteiger partial charge in [0, 0.05) is 21.1 Å². The zero-order valence-corrected chi connectivity index (χ0v) is 21.4. The molecule has 6 nitrogen and oxygen atoms in total. The van der Waals surface area contributed by atoms with Gasteiger partial charge in [0.05, 0.1) is 34.0 Å². The number of carbonyl (C=O) groups is 1. The van der Waals surface area contributed by atoms with Crippen LogP contribution in [0, 0.1) is 0 Å². The van der Waals surface area contributed by atoms with Crippen molar-refractivity contribution < 1.29 is 23.7 Å². The van der Waals surface area contributed by atoms with Crippen molar-refractivity contribution in [1.82, 2.24) is 0 Å². The number of rotatable bonds is 7. The number of hydrogen-bond donors (Lipinski definition) is 1. The van der Waals surface area contributed by atoms with Crippen molar-refractivity contribution in [3.05, 3.63) is 58.1 Å². The summed E-state index contributed by atoms with van der Waals surface area (Å²) in [6.07, 6.45) is 6.62. The van der Waals surface area contributed by atoms with E-state index in [1.165, 1.54) is 19.1 Å². The number of carbonyl (C=O) groups excluding carboxylic acids is 1. The number of halogens is 1. The van der Waals surface area contributed by atoms with Crippen LogP contribution in [0.5, 0.6) is 23.0 Å². The Labute approximate surface area is 208 Å². The van der Waals surface area contributed by atoms with E-state index in [9.17, 15) is 4.79 Å². The van der Waals surface area contributed by atoms with Crippen LogP contribution in [-0.4, -0.2) is 34.3 Å². The van der Waals surface area contributed by atoms with E-state index in [1.54, 1.807) is 33.5 Å². The minimum Gasteiger partial charge on any atom is -0.493 e. The molecule has 1 amide bonds. The molecule has 3 aromatic carbocycles. The molecule has 0 saturated carbocycles. The van der Waals surface area contributed by atoms with Crippen LogP contribution in [0.15, 0.2) is 46.9 Å². The zero-order chi connectivity index (χ0) is 24.2. The van der Waals surface area contributed by atoms with Crippen molar-refractivity contribution >= 4 is 43.9 Å². The maximum atomic E-state index is 13.4. The molecule has 0 heterocycles. The number of hydrogen-bond acceptors (Lipinski definition) is 5. The second-order valence-electron chi connectivity index (χ2n) is 7.97. The Morgan fingerprint density at radius 2 is 1.65 bits per heavy atom. The lowest BCUT2D eigenvalue weighted by Gasteiger charge is -2.22. The van der Waals surface area contributed by atoms with E-state index in [0.29, 0.717) is 38.7 Å². The number of benzene rings is 3. The molecule has 0 aliphatic heterocycles. The number of amides is 1. The molecule has 0 unspecified atom stereocenters. The molecule has 0 radical (unpaired) electrons. The summed E-state index contributed by atoms with van der Waals surface area (Å²) in [5.41, 5.74) is 3.29. The molecule has 3 aromatic rings. The lowest BCUT2D eigenvalue weighted by molar-refractivity contribution is 0.102. The Morgan fingerprint density at radius 3 is 2.29 bits per heavy atom. The van der Waals surface area contributed by atoms with E-state index in [4.69, 9.17) is 18.9 Å². The fourth-order valence-corrected chi connectivity index (χ4v) is 5.02. The SMILES string of the molecule is COc1ccc(Br)c(C(=O)Nc2cccc3c(C4=CCCCC4)c(OC)c(OC)cc23)c1OC. The summed E-state index contributed by atoms with van der Waals surface area (Å²) >= 11 is 3.48. The highest BCUT2D eigenvalue weighted by atomic mass is 79.9. The molecule has 7 heteroatoms. The summed E-state index contributed by atoms with van der Waals surface area (Å²) in [4.78, 5) is 13.4. The molecule has 0 bridgehead atoms. The monoisotopic (exact) mass is 525 g/mol. The quantitative estimate of drug-likeness (QED) is 0.365. The minimum absolute atomic E-state index is 0.316. The van der Waals surface area contributed by atoms with E-state index >= 15 is 0 Å². The van der Waals surface area contributed by atoms with Gasteiger partial charge in [0.2, 0.25) is 0 Å². The highest BCUT2D eigenvalue weighted by Crippen LogP contribution is 2.46. The first kappa shape index (κ1) is 24.0. The molecule has 0 saturated heterocycles. The maximum Gasteiger partial charge on any atom is 0.260 e. The van der Waals surface area contributed by atoms with E-state index in [1.807, 2.05) is 18.2 Å². The van der Waals surface area contributed by atoms with Crippen molar-refractivity contribution in [2.24, 2.45) is 0 Å². The number of anilines is 1. The van der Waals surface area contributed by atoms with Gasteiger partial charge in [-0.2, -0.15) is 0 Å². The first-order chi connectivity index (χ1) is 16.5. The van der Waals surface area contributed by atoms with E-state index in [-0.39, 0.29) is 5.91 Å². The lowest BCUT2D eigenvalue weighted by atomic mass is 9.89. The lowest BCUT2D eigenvalue weighted by Crippen LogP contribution is -2.15. The summed E-state index contributed by atoms with van der Waals surface area (Å²) in [6, 6.07) is 11.3. The average Bonchev–Trinajstić information content (AvgIpc) is 2.87. The number of ether oxygens (including phenoxy) is 4. The van der Waals surface area contributed by atoms with Gasteiger partial charge in [0.15, 0.2) is 23.0 Å². The molecule has 0 aromatic heterocycles. The van der Waals surface area contributed by atoms with Crippen molar-refractivity contribution in [2.45, 2.75) is 25.7 Å². The van der Waals surface area contributed by atoms with Crippen molar-refractivity contribution in [3.8, 4) is 23.0 Å². The van der Waals surface area contributed by atoms with E-state index in [2.05, 4.69) is 33.4 Å². The predicted octanol–water partition coefficient (Wildman–Crippen LogP) is 6.85. The topological polar surface area (TPSA) is 66.0 Å². The number of methoxy groups -OCH3 is 4. The van der Waals surface area contributed by atoms with Crippen LogP contribution < -0.4 is 24.3 Å². The second kappa shape index (κ2) is 10.4. The minimum atomic E-state index is -0.316. The number of fused-ring (bicyclic) bond motifs is 1. The predicted molar refractivity (Wildman–Crippen MR) is 139 cm³/mol. The molecular weight excluding hydrogens is 498 g/mol. The molecule has 0 atom stereocenters. The standard InChI is InChI=1S/C27H28BrNO5/c1-31-21-14-13-19(28)24(25(21)33-3)27(30)29-20-12-8-11-17-18(20)15-22(32-2)26(34-4)23(17)16-9-6-5-7-10-16/h8-9,11-15H,5-7,10H2,1-4H3,(H,29,30). The normalized spacial score (nSPS) is 13.3. The molecular formula is C27H28BrNO5. The Balaban J connectivity index is 1.87. The molecule has 0 spiro atoms. The van der Waals surface area contributed by atoms with E-state index < -0.39 is 0 Å². The second-order valence-corrected chi connectivity index (χ2v) is 8.83.